The molecule has 76 valence electrons. The SMILES string of the molecule is CCN=C(N)NN1CCN(C)CC1. The molecule has 0 amide bonds. The van der Waals surface area contributed by atoms with E-state index < -0.39 is 0 Å². The van der Waals surface area contributed by atoms with Crippen molar-refractivity contribution >= 4 is 5.96 Å². The zero-order chi connectivity index (χ0) is 9.68. The average Bonchev–Trinajstić information content (AvgIpc) is 2.09. The molecule has 13 heavy (non-hydrogen) atoms. The van der Waals surface area contributed by atoms with Gasteiger partial charge in [-0.25, -0.2) is 5.01 Å². The van der Waals surface area contributed by atoms with Gasteiger partial charge in [0.25, 0.3) is 0 Å². The van der Waals surface area contributed by atoms with Crippen LogP contribution in [0.25, 0.3) is 0 Å². The maximum absolute atomic E-state index is 5.63. The lowest BCUT2D eigenvalue weighted by Crippen LogP contribution is -2.54. The number of piperazine rings is 1. The lowest BCUT2D eigenvalue weighted by Gasteiger charge is -2.32. The molecule has 0 radical (unpaired) electrons. The van der Waals surface area contributed by atoms with Crippen LogP contribution in [0.15, 0.2) is 4.99 Å². The van der Waals surface area contributed by atoms with Gasteiger partial charge in [-0.15, -0.1) is 0 Å². The molecule has 1 rings (SSSR count). The summed E-state index contributed by atoms with van der Waals surface area (Å²) in [7, 11) is 2.13. The van der Waals surface area contributed by atoms with Crippen molar-refractivity contribution in [2.24, 2.45) is 10.7 Å². The Morgan fingerprint density at radius 3 is 2.54 bits per heavy atom. The van der Waals surface area contributed by atoms with E-state index in [0.29, 0.717) is 5.96 Å². The largest absolute Gasteiger partial charge is 0.369 e. The zero-order valence-corrected chi connectivity index (χ0v) is 8.45. The molecule has 3 N–H and O–H groups in total. The number of likely N-dealkylation sites (N-methyl/N-ethyl adjacent to an activating group) is 1. The van der Waals surface area contributed by atoms with E-state index >= 15 is 0 Å². The van der Waals surface area contributed by atoms with Gasteiger partial charge in [-0.2, -0.15) is 0 Å². The fourth-order valence-corrected chi connectivity index (χ4v) is 1.29. The topological polar surface area (TPSA) is 56.9 Å². The number of nitrogens with two attached hydrogens (primary N) is 1. The monoisotopic (exact) mass is 185 g/mol. The van der Waals surface area contributed by atoms with Crippen LogP contribution in [0.2, 0.25) is 0 Å². The van der Waals surface area contributed by atoms with Crippen molar-refractivity contribution in [3.8, 4) is 0 Å². The second-order valence-corrected chi connectivity index (χ2v) is 3.26. The summed E-state index contributed by atoms with van der Waals surface area (Å²) in [5.41, 5.74) is 8.71. The third-order valence-corrected chi connectivity index (χ3v) is 2.10. The number of hydrazine groups is 1. The molecule has 0 aromatic rings. The summed E-state index contributed by atoms with van der Waals surface area (Å²) in [5, 5.41) is 2.11. The van der Waals surface area contributed by atoms with Gasteiger partial charge in [-0.1, -0.05) is 0 Å². The number of hydrogen-bond donors (Lipinski definition) is 2. The van der Waals surface area contributed by atoms with E-state index in [1.807, 2.05) is 6.92 Å². The Bertz CT molecular complexity index is 171. The molecular formula is C8H19N5. The van der Waals surface area contributed by atoms with Crippen molar-refractivity contribution < 1.29 is 0 Å². The van der Waals surface area contributed by atoms with Crippen molar-refractivity contribution in [1.82, 2.24) is 15.3 Å². The number of guanidine groups is 1. The molecular weight excluding hydrogens is 166 g/mol. The van der Waals surface area contributed by atoms with Gasteiger partial charge in [0.15, 0.2) is 0 Å². The summed E-state index contributed by atoms with van der Waals surface area (Å²) in [6, 6.07) is 0. The van der Waals surface area contributed by atoms with Crippen LogP contribution in [0.5, 0.6) is 0 Å². The third-order valence-electron chi connectivity index (χ3n) is 2.10. The van der Waals surface area contributed by atoms with Crippen LogP contribution in [-0.2, 0) is 0 Å². The first-order chi connectivity index (χ1) is 6.22. The fourth-order valence-electron chi connectivity index (χ4n) is 1.29. The average molecular weight is 185 g/mol. The molecule has 0 spiro atoms. The number of aliphatic imine (C=N–C) groups is 1. The normalized spacial score (nSPS) is 21.8. The van der Waals surface area contributed by atoms with E-state index in [9.17, 15) is 0 Å². The van der Waals surface area contributed by atoms with Crippen molar-refractivity contribution in [1.29, 1.82) is 0 Å². The smallest absolute Gasteiger partial charge is 0.203 e. The summed E-state index contributed by atoms with van der Waals surface area (Å²) >= 11 is 0. The fraction of sp³-hybridized carbons (Fsp3) is 0.875. The first kappa shape index (κ1) is 10.3. The van der Waals surface area contributed by atoms with Gasteiger partial charge in [0.2, 0.25) is 5.96 Å². The Balaban J connectivity index is 2.26. The molecule has 0 saturated carbocycles. The number of hydrogen-bond acceptors (Lipinski definition) is 3. The number of nitrogens with zero attached hydrogens (tertiary/aromatic N) is 3. The molecule has 1 aliphatic heterocycles. The molecule has 0 unspecified atom stereocenters. The van der Waals surface area contributed by atoms with E-state index in [0.717, 1.165) is 32.7 Å². The highest BCUT2D eigenvalue weighted by Gasteiger charge is 2.13. The summed E-state index contributed by atoms with van der Waals surface area (Å²) in [5.74, 6) is 0.520. The Morgan fingerprint density at radius 1 is 1.38 bits per heavy atom. The van der Waals surface area contributed by atoms with Gasteiger partial charge in [-0.3, -0.25) is 10.4 Å². The van der Waals surface area contributed by atoms with E-state index in [-0.39, 0.29) is 0 Å². The molecule has 1 aliphatic rings. The summed E-state index contributed by atoms with van der Waals surface area (Å²) in [4.78, 5) is 6.36. The predicted octanol–water partition coefficient (Wildman–Crippen LogP) is -0.927. The van der Waals surface area contributed by atoms with Crippen LogP contribution in [0.3, 0.4) is 0 Å². The van der Waals surface area contributed by atoms with Crippen molar-refractivity contribution in [3.63, 3.8) is 0 Å². The highest BCUT2D eigenvalue weighted by molar-refractivity contribution is 5.77. The third kappa shape index (κ3) is 3.61. The van der Waals surface area contributed by atoms with Crippen molar-refractivity contribution in [2.75, 3.05) is 39.8 Å². The van der Waals surface area contributed by atoms with Crippen LogP contribution in [0.1, 0.15) is 6.92 Å². The Kier molecular flexibility index (Phi) is 3.98. The predicted molar refractivity (Wildman–Crippen MR) is 54.4 cm³/mol. The standard InChI is InChI=1S/C8H19N5/c1-3-10-8(9)11-13-6-4-12(2)5-7-13/h3-7H2,1-2H3,(H3,9,10,11). The molecule has 0 aliphatic carbocycles. The molecule has 1 heterocycles. The lowest BCUT2D eigenvalue weighted by molar-refractivity contribution is 0.130. The minimum Gasteiger partial charge on any atom is -0.369 e. The second-order valence-electron chi connectivity index (χ2n) is 3.26. The van der Waals surface area contributed by atoms with E-state index in [4.69, 9.17) is 5.73 Å². The van der Waals surface area contributed by atoms with Gasteiger partial charge in [0.05, 0.1) is 0 Å². The first-order valence-electron chi connectivity index (χ1n) is 4.72. The van der Waals surface area contributed by atoms with E-state index in [1.54, 1.807) is 0 Å². The van der Waals surface area contributed by atoms with Crippen LogP contribution in [0, 0.1) is 0 Å². The number of nitrogens with one attached hydrogen (secondary N) is 1. The van der Waals surface area contributed by atoms with Crippen molar-refractivity contribution in [2.45, 2.75) is 6.92 Å². The zero-order valence-electron chi connectivity index (χ0n) is 8.45. The van der Waals surface area contributed by atoms with E-state index in [1.165, 1.54) is 0 Å². The number of rotatable bonds is 2. The Hall–Kier alpha value is -0.810. The summed E-state index contributed by atoms with van der Waals surface area (Å²) < 4.78 is 0. The van der Waals surface area contributed by atoms with Gasteiger partial charge < -0.3 is 10.6 Å². The highest BCUT2D eigenvalue weighted by Crippen LogP contribution is 1.94. The van der Waals surface area contributed by atoms with E-state index in [2.05, 4.69) is 27.4 Å². The van der Waals surface area contributed by atoms with Crippen LogP contribution >= 0.6 is 0 Å². The van der Waals surface area contributed by atoms with Gasteiger partial charge in [-0.05, 0) is 14.0 Å². The quantitative estimate of drug-likeness (QED) is 0.431. The van der Waals surface area contributed by atoms with Crippen molar-refractivity contribution in [3.05, 3.63) is 0 Å². The molecule has 0 aromatic heterocycles. The van der Waals surface area contributed by atoms with Gasteiger partial charge in [0.1, 0.15) is 0 Å². The van der Waals surface area contributed by atoms with Crippen LogP contribution in [-0.4, -0.2) is 55.6 Å². The maximum Gasteiger partial charge on any atom is 0.203 e. The molecule has 5 nitrogen and oxygen atoms in total. The van der Waals surface area contributed by atoms with Crippen LogP contribution in [0.4, 0.5) is 0 Å². The Morgan fingerprint density at radius 2 is 2.00 bits per heavy atom. The lowest BCUT2D eigenvalue weighted by atomic mass is 10.4. The molecule has 0 bridgehead atoms. The summed E-state index contributed by atoms with van der Waals surface area (Å²) in [6.07, 6.45) is 0. The molecule has 0 atom stereocenters. The molecule has 1 fully saturated rings. The minimum atomic E-state index is 0.520. The van der Waals surface area contributed by atoms with Crippen LogP contribution < -0.4 is 11.2 Å². The molecule has 0 aromatic carbocycles. The summed E-state index contributed by atoms with van der Waals surface area (Å²) in [6.45, 7) is 6.84. The molecule has 1 saturated heterocycles. The minimum absolute atomic E-state index is 0.520. The van der Waals surface area contributed by atoms with Gasteiger partial charge >= 0.3 is 0 Å². The first-order valence-corrected chi connectivity index (χ1v) is 4.72. The maximum atomic E-state index is 5.63. The van der Waals surface area contributed by atoms with Gasteiger partial charge in [0, 0.05) is 32.7 Å². The Labute approximate surface area is 79.6 Å². The second kappa shape index (κ2) is 5.04. The highest BCUT2D eigenvalue weighted by atomic mass is 15.6. The molecule has 5 heteroatoms.